The number of esters is 2. The van der Waals surface area contributed by atoms with Crippen molar-refractivity contribution in [1.29, 1.82) is 0 Å². The monoisotopic (exact) mass is 933 g/mol. The summed E-state index contributed by atoms with van der Waals surface area (Å²) in [5, 5.41) is 8.76. The van der Waals surface area contributed by atoms with Gasteiger partial charge in [0.25, 0.3) is 0 Å². The number of carboxylic acids is 1. The summed E-state index contributed by atoms with van der Waals surface area (Å²) in [5.41, 5.74) is 0. The molecule has 3 atom stereocenters. The molecule has 2 unspecified atom stereocenters. The van der Waals surface area contributed by atoms with Crippen LogP contribution in [0.15, 0.2) is 0 Å². The number of phosphoric ester groups is 1. The Kier molecular flexibility index (Phi) is 43.0. The first kappa shape index (κ1) is 62.5. The van der Waals surface area contributed by atoms with Crippen LogP contribution in [0.3, 0.4) is 0 Å². The smallest absolute Gasteiger partial charge is 0.472 e. The second kappa shape index (κ2) is 44.0. The van der Waals surface area contributed by atoms with Crippen LogP contribution >= 0.6 is 7.82 Å². The van der Waals surface area contributed by atoms with E-state index in [9.17, 15) is 23.8 Å². The van der Waals surface area contributed by atoms with E-state index in [0.29, 0.717) is 23.9 Å². The second-order valence-corrected chi connectivity index (χ2v) is 21.3. The molecule has 2 N–H and O–H groups in total. The van der Waals surface area contributed by atoms with Gasteiger partial charge in [-0.1, -0.05) is 219 Å². The molecule has 0 aromatic rings. The molecule has 0 aromatic carbocycles. The fourth-order valence-corrected chi connectivity index (χ4v) is 9.23. The molecular weight excluding hydrogens is 830 g/mol. The van der Waals surface area contributed by atoms with E-state index < -0.39 is 38.6 Å². The molecule has 0 aromatic heterocycles. The molecular formula is C52H103NO10P+. The molecule has 0 spiro atoms. The molecule has 12 heteroatoms. The molecule has 0 heterocycles. The van der Waals surface area contributed by atoms with Crippen molar-refractivity contribution in [2.75, 3.05) is 40.9 Å². The molecule has 0 saturated carbocycles. The number of likely N-dealkylation sites (N-methyl/N-ethyl adjacent to an activating group) is 1. The van der Waals surface area contributed by atoms with Crippen molar-refractivity contribution in [3.05, 3.63) is 0 Å². The van der Waals surface area contributed by atoms with Crippen LogP contribution in [0.1, 0.15) is 264 Å². The highest BCUT2D eigenvalue weighted by atomic mass is 31.2. The summed E-state index contributed by atoms with van der Waals surface area (Å²) >= 11 is 0. The third-order valence-corrected chi connectivity index (χ3v) is 13.1. The van der Waals surface area contributed by atoms with Crippen molar-refractivity contribution in [3.8, 4) is 0 Å². The third-order valence-electron chi connectivity index (χ3n) is 12.1. The fraction of sp³-hybridized carbons (Fsp3) is 0.942. The summed E-state index contributed by atoms with van der Waals surface area (Å²) in [6, 6.07) is 0. The lowest BCUT2D eigenvalue weighted by Crippen LogP contribution is -2.42. The minimum Gasteiger partial charge on any atom is -0.481 e. The minimum atomic E-state index is -4.53. The number of nitrogens with zero attached hydrogens (tertiary/aromatic N) is 1. The standard InChI is InChI=1S/C52H102NO10P/c1-6-8-10-12-14-16-18-19-24-28-32-36-40-44-52(57)62-49(46-60-51(56)43-39-35-31-27-21-17-15-13-11-9-7-2)47-61-64(58,59)63-48(45-53(3,4)5)41-37-33-29-25-22-20-23-26-30-34-38-42-50(54)55/h48-49H,6-47H2,1-5H3,(H-,54,55,58,59)/p+1/t48?,49-/m1/s1. The van der Waals surface area contributed by atoms with Crippen LogP contribution in [-0.2, 0) is 37.5 Å². The second-order valence-electron chi connectivity index (χ2n) is 19.9. The quantitative estimate of drug-likeness (QED) is 0.0262. The van der Waals surface area contributed by atoms with E-state index in [1.807, 2.05) is 21.1 Å². The molecule has 0 aliphatic heterocycles. The van der Waals surface area contributed by atoms with Crippen LogP contribution < -0.4 is 0 Å². The first-order chi connectivity index (χ1) is 30.8. The lowest BCUT2D eigenvalue weighted by molar-refractivity contribution is -0.873. The molecule has 380 valence electrons. The molecule has 11 nitrogen and oxygen atoms in total. The highest BCUT2D eigenvalue weighted by Crippen LogP contribution is 2.45. The Hall–Kier alpha value is -1.52. The molecule has 0 aliphatic carbocycles. The van der Waals surface area contributed by atoms with Gasteiger partial charge in [-0.15, -0.1) is 0 Å². The van der Waals surface area contributed by atoms with Gasteiger partial charge in [-0.25, -0.2) is 4.57 Å². The number of carboxylic acid groups (broad SMARTS) is 1. The van der Waals surface area contributed by atoms with Crippen molar-refractivity contribution in [2.45, 2.75) is 276 Å². The lowest BCUT2D eigenvalue weighted by Gasteiger charge is -2.30. The molecule has 0 aliphatic rings. The van der Waals surface area contributed by atoms with Crippen LogP contribution in [0.2, 0.25) is 0 Å². The van der Waals surface area contributed by atoms with Gasteiger partial charge in [0, 0.05) is 19.3 Å². The molecule has 0 radical (unpaired) electrons. The summed E-state index contributed by atoms with van der Waals surface area (Å²) in [6.07, 6.45) is 40.3. The van der Waals surface area contributed by atoms with E-state index in [1.165, 1.54) is 128 Å². The van der Waals surface area contributed by atoms with Crippen LogP contribution in [0, 0.1) is 0 Å². The number of ether oxygens (including phenoxy) is 2. The highest BCUT2D eigenvalue weighted by molar-refractivity contribution is 7.47. The van der Waals surface area contributed by atoms with Crippen LogP contribution in [0.5, 0.6) is 0 Å². The Morgan fingerprint density at radius 1 is 0.469 bits per heavy atom. The zero-order valence-electron chi connectivity index (χ0n) is 42.4. The molecule has 0 fully saturated rings. The van der Waals surface area contributed by atoms with E-state index in [1.54, 1.807) is 0 Å². The van der Waals surface area contributed by atoms with E-state index in [-0.39, 0.29) is 31.8 Å². The van der Waals surface area contributed by atoms with Crippen molar-refractivity contribution < 1.29 is 52.0 Å². The number of hydrogen-bond acceptors (Lipinski definition) is 8. The van der Waals surface area contributed by atoms with Gasteiger partial charge in [0.15, 0.2) is 6.10 Å². The Morgan fingerprint density at radius 3 is 1.19 bits per heavy atom. The molecule has 0 amide bonds. The first-order valence-electron chi connectivity index (χ1n) is 26.8. The van der Waals surface area contributed by atoms with Gasteiger partial charge >= 0.3 is 25.7 Å². The number of phosphoric acid groups is 1. The summed E-state index contributed by atoms with van der Waals surface area (Å²) < 4.78 is 36.4. The van der Waals surface area contributed by atoms with Crippen molar-refractivity contribution in [2.24, 2.45) is 0 Å². The molecule has 0 saturated heterocycles. The summed E-state index contributed by atoms with van der Waals surface area (Å²) in [7, 11) is 1.52. The number of rotatable bonds is 50. The molecule has 0 bridgehead atoms. The first-order valence-corrected chi connectivity index (χ1v) is 28.3. The van der Waals surface area contributed by atoms with Gasteiger partial charge in [0.2, 0.25) is 0 Å². The predicted molar refractivity (Wildman–Crippen MR) is 263 cm³/mol. The maximum atomic E-state index is 13.4. The number of carbonyl (C=O) groups is 3. The zero-order valence-corrected chi connectivity index (χ0v) is 43.3. The van der Waals surface area contributed by atoms with Crippen molar-refractivity contribution >= 4 is 25.7 Å². The summed E-state index contributed by atoms with van der Waals surface area (Å²) in [6.45, 7) is 4.36. The van der Waals surface area contributed by atoms with Gasteiger partial charge in [0.1, 0.15) is 19.3 Å². The Bertz CT molecular complexity index is 1130. The lowest BCUT2D eigenvalue weighted by atomic mass is 10.0. The van der Waals surface area contributed by atoms with Gasteiger partial charge < -0.3 is 24.0 Å². The van der Waals surface area contributed by atoms with E-state index in [2.05, 4.69) is 13.8 Å². The number of carbonyl (C=O) groups excluding carboxylic acids is 2. The Labute approximate surface area is 393 Å². The predicted octanol–water partition coefficient (Wildman–Crippen LogP) is 15.0. The van der Waals surface area contributed by atoms with Gasteiger partial charge in [-0.3, -0.25) is 23.4 Å². The number of unbranched alkanes of at least 4 members (excludes halogenated alkanes) is 32. The highest BCUT2D eigenvalue weighted by Gasteiger charge is 2.32. The number of quaternary nitrogens is 1. The minimum absolute atomic E-state index is 0.232. The van der Waals surface area contributed by atoms with E-state index >= 15 is 0 Å². The van der Waals surface area contributed by atoms with Crippen LogP contribution in [0.25, 0.3) is 0 Å². The average Bonchev–Trinajstić information content (AvgIpc) is 3.23. The number of aliphatic carboxylic acids is 1. The zero-order chi connectivity index (χ0) is 47.4. The topological polar surface area (TPSA) is 146 Å². The largest absolute Gasteiger partial charge is 0.481 e. The number of hydrogen-bond donors (Lipinski definition) is 2. The van der Waals surface area contributed by atoms with Crippen LogP contribution in [-0.4, -0.2) is 85.5 Å². The maximum Gasteiger partial charge on any atom is 0.472 e. The summed E-state index contributed by atoms with van der Waals surface area (Å²) in [4.78, 5) is 47.2. The average molecular weight is 933 g/mol. The SMILES string of the molecule is CCCCCCCCCCCCCCCC(=O)O[C@H](COC(=O)CCCCCCCCCCCCC)COP(=O)(O)OC(CCCCCCCCCCCCCC(=O)O)C[N+](C)(C)C. The van der Waals surface area contributed by atoms with Crippen molar-refractivity contribution in [1.82, 2.24) is 0 Å². The van der Waals surface area contributed by atoms with E-state index in [0.717, 1.165) is 89.9 Å². The van der Waals surface area contributed by atoms with Gasteiger partial charge in [0.05, 0.1) is 27.7 Å². The van der Waals surface area contributed by atoms with Crippen LogP contribution in [0.4, 0.5) is 0 Å². The van der Waals surface area contributed by atoms with Gasteiger partial charge in [-0.05, 0) is 25.7 Å². The van der Waals surface area contributed by atoms with Crippen molar-refractivity contribution in [3.63, 3.8) is 0 Å². The summed E-state index contributed by atoms with van der Waals surface area (Å²) in [5.74, 6) is -1.51. The molecule has 0 rings (SSSR count). The Morgan fingerprint density at radius 2 is 0.812 bits per heavy atom. The maximum absolute atomic E-state index is 13.4. The molecule has 64 heavy (non-hydrogen) atoms. The third kappa shape index (κ3) is 47.0. The normalized spacial score (nSPS) is 13.7. The van der Waals surface area contributed by atoms with E-state index in [4.69, 9.17) is 23.6 Å². The Balaban J connectivity index is 4.89. The fourth-order valence-electron chi connectivity index (χ4n) is 8.26. The van der Waals surface area contributed by atoms with Gasteiger partial charge in [-0.2, -0.15) is 0 Å².